The molecule has 1 heterocycles. The van der Waals surface area contributed by atoms with Crippen LogP contribution in [0.4, 0.5) is 4.79 Å². The van der Waals surface area contributed by atoms with Gasteiger partial charge in [0, 0.05) is 17.3 Å². The summed E-state index contributed by atoms with van der Waals surface area (Å²) in [5.41, 5.74) is 1.01. The molecule has 0 fully saturated rings. The van der Waals surface area contributed by atoms with Crippen LogP contribution in [0.2, 0.25) is 5.02 Å². The number of nitrogens with one attached hydrogen (secondary N) is 2. The molecule has 2 amide bonds. The molecule has 1 aromatic carbocycles. The van der Waals surface area contributed by atoms with Crippen LogP contribution in [-0.4, -0.2) is 23.5 Å². The van der Waals surface area contributed by atoms with Crippen molar-refractivity contribution in [3.05, 3.63) is 34.9 Å². The van der Waals surface area contributed by atoms with Gasteiger partial charge in [-0.1, -0.05) is 35.5 Å². The fourth-order valence-electron chi connectivity index (χ4n) is 1.34. The summed E-state index contributed by atoms with van der Waals surface area (Å²) in [6.07, 6.45) is 0. The lowest BCUT2D eigenvalue weighted by molar-refractivity contribution is 0.245. The normalized spacial score (nSPS) is 14.3. The summed E-state index contributed by atoms with van der Waals surface area (Å²) in [6.45, 7) is 1.25. The fraction of sp³-hybridized carbons (Fsp3) is 0.273. The number of aliphatic imine (C=N–C) groups is 1. The molecule has 2 rings (SSSR count). The highest BCUT2D eigenvalue weighted by atomic mass is 35.5. The van der Waals surface area contributed by atoms with Crippen molar-refractivity contribution in [1.29, 1.82) is 0 Å². The quantitative estimate of drug-likeness (QED) is 0.865. The number of thioether (sulfide) groups is 1. The minimum absolute atomic E-state index is 0.229. The van der Waals surface area contributed by atoms with Crippen LogP contribution in [0.25, 0.3) is 0 Å². The Morgan fingerprint density at radius 2 is 2.18 bits per heavy atom. The topological polar surface area (TPSA) is 53.5 Å². The van der Waals surface area contributed by atoms with Crippen molar-refractivity contribution in [3.8, 4) is 0 Å². The van der Waals surface area contributed by atoms with E-state index < -0.39 is 0 Å². The lowest BCUT2D eigenvalue weighted by Gasteiger charge is -2.06. The van der Waals surface area contributed by atoms with Crippen LogP contribution in [-0.2, 0) is 6.54 Å². The Morgan fingerprint density at radius 3 is 2.82 bits per heavy atom. The Morgan fingerprint density at radius 1 is 1.41 bits per heavy atom. The molecule has 0 aliphatic carbocycles. The Hall–Kier alpha value is -1.20. The summed E-state index contributed by atoms with van der Waals surface area (Å²) in [4.78, 5) is 15.6. The van der Waals surface area contributed by atoms with Gasteiger partial charge in [-0.05, 0) is 17.7 Å². The Bertz CT molecular complexity index is 433. The van der Waals surface area contributed by atoms with Gasteiger partial charge in [0.05, 0.1) is 6.54 Å². The van der Waals surface area contributed by atoms with Crippen LogP contribution in [0.1, 0.15) is 5.56 Å². The molecular weight excluding hydrogens is 258 g/mol. The molecule has 1 aliphatic rings. The molecule has 4 nitrogen and oxygen atoms in total. The second-order valence-electron chi connectivity index (χ2n) is 3.47. The number of urea groups is 1. The van der Waals surface area contributed by atoms with E-state index >= 15 is 0 Å². The lowest BCUT2D eigenvalue weighted by atomic mass is 10.2. The molecule has 0 unspecified atom stereocenters. The molecule has 6 heteroatoms. The van der Waals surface area contributed by atoms with Crippen molar-refractivity contribution in [3.63, 3.8) is 0 Å². The molecule has 0 atom stereocenters. The average molecular weight is 270 g/mol. The van der Waals surface area contributed by atoms with E-state index in [1.165, 1.54) is 0 Å². The largest absolute Gasteiger partial charge is 0.334 e. The summed E-state index contributed by atoms with van der Waals surface area (Å²) in [5.74, 6) is 0.937. The predicted molar refractivity (Wildman–Crippen MR) is 71.6 cm³/mol. The van der Waals surface area contributed by atoms with Crippen molar-refractivity contribution in [2.24, 2.45) is 4.99 Å². The van der Waals surface area contributed by atoms with Gasteiger partial charge < -0.3 is 5.32 Å². The van der Waals surface area contributed by atoms with Crippen molar-refractivity contribution in [1.82, 2.24) is 10.6 Å². The number of hydrogen-bond donors (Lipinski definition) is 2. The van der Waals surface area contributed by atoms with Gasteiger partial charge in [-0.3, -0.25) is 10.3 Å². The highest BCUT2D eigenvalue weighted by Gasteiger charge is 2.09. The molecule has 1 aliphatic heterocycles. The van der Waals surface area contributed by atoms with E-state index in [2.05, 4.69) is 15.6 Å². The predicted octanol–water partition coefficient (Wildman–Crippen LogP) is 2.24. The molecule has 0 bridgehead atoms. The Balaban J connectivity index is 1.77. The third kappa shape index (κ3) is 3.94. The van der Waals surface area contributed by atoms with E-state index in [1.54, 1.807) is 23.9 Å². The second kappa shape index (κ2) is 5.93. The summed E-state index contributed by atoms with van der Waals surface area (Å²) >= 11 is 7.32. The van der Waals surface area contributed by atoms with E-state index in [1.807, 2.05) is 12.1 Å². The molecule has 2 N–H and O–H groups in total. The number of rotatable bonds is 2. The SMILES string of the molecule is O=C(NCc1ccc(Cl)cc1)NC1=NCCS1. The van der Waals surface area contributed by atoms with Crippen molar-refractivity contribution in [2.75, 3.05) is 12.3 Å². The maximum atomic E-state index is 11.5. The summed E-state index contributed by atoms with van der Waals surface area (Å²) in [5, 5.41) is 6.84. The second-order valence-corrected chi connectivity index (χ2v) is 4.99. The minimum atomic E-state index is -0.229. The minimum Gasteiger partial charge on any atom is -0.334 e. The molecular formula is C11H12ClN3OS. The Kier molecular flexibility index (Phi) is 4.28. The van der Waals surface area contributed by atoms with Gasteiger partial charge in [-0.2, -0.15) is 0 Å². The highest BCUT2D eigenvalue weighted by molar-refractivity contribution is 8.14. The Labute approximate surface area is 109 Å². The number of carbonyl (C=O) groups excluding carboxylic acids is 1. The van der Waals surface area contributed by atoms with Crippen molar-refractivity contribution >= 4 is 34.6 Å². The molecule has 17 heavy (non-hydrogen) atoms. The fourth-order valence-corrected chi connectivity index (χ4v) is 2.19. The molecule has 0 saturated carbocycles. The van der Waals surface area contributed by atoms with E-state index in [4.69, 9.17) is 11.6 Å². The smallest absolute Gasteiger partial charge is 0.321 e. The molecule has 0 spiro atoms. The molecule has 0 saturated heterocycles. The molecule has 1 aromatic rings. The van der Waals surface area contributed by atoms with Gasteiger partial charge in [-0.15, -0.1) is 0 Å². The third-order valence-corrected chi connectivity index (χ3v) is 3.32. The highest BCUT2D eigenvalue weighted by Crippen LogP contribution is 2.10. The van der Waals surface area contributed by atoms with Crippen LogP contribution in [0.15, 0.2) is 29.3 Å². The first kappa shape index (κ1) is 12.3. The van der Waals surface area contributed by atoms with Gasteiger partial charge in [0.15, 0.2) is 5.17 Å². The van der Waals surface area contributed by atoms with Crippen LogP contribution < -0.4 is 10.6 Å². The molecule has 90 valence electrons. The number of amides is 2. The standard InChI is InChI=1S/C11H12ClN3OS/c12-9-3-1-8(2-4-9)7-14-10(16)15-11-13-5-6-17-11/h1-4H,5-7H2,(H2,13,14,15,16). The van der Waals surface area contributed by atoms with Gasteiger partial charge in [0.25, 0.3) is 0 Å². The first-order chi connectivity index (χ1) is 8.24. The number of carbonyl (C=O) groups is 1. The van der Waals surface area contributed by atoms with E-state index in [-0.39, 0.29) is 6.03 Å². The van der Waals surface area contributed by atoms with E-state index in [0.717, 1.165) is 17.9 Å². The van der Waals surface area contributed by atoms with Crippen molar-refractivity contribution < 1.29 is 4.79 Å². The maximum absolute atomic E-state index is 11.5. The van der Waals surface area contributed by atoms with Gasteiger partial charge in [0.1, 0.15) is 0 Å². The first-order valence-corrected chi connectivity index (χ1v) is 6.57. The monoisotopic (exact) mass is 269 g/mol. The van der Waals surface area contributed by atoms with Gasteiger partial charge >= 0.3 is 6.03 Å². The summed E-state index contributed by atoms with van der Waals surface area (Å²) in [6, 6.07) is 7.13. The molecule has 0 aromatic heterocycles. The zero-order valence-electron chi connectivity index (χ0n) is 9.07. The maximum Gasteiger partial charge on any atom is 0.321 e. The molecule has 0 radical (unpaired) electrons. The van der Waals surface area contributed by atoms with Crippen LogP contribution in [0, 0.1) is 0 Å². The van der Waals surface area contributed by atoms with Gasteiger partial charge in [0.2, 0.25) is 0 Å². The summed E-state index contributed by atoms with van der Waals surface area (Å²) in [7, 11) is 0. The van der Waals surface area contributed by atoms with Crippen LogP contribution >= 0.6 is 23.4 Å². The van der Waals surface area contributed by atoms with E-state index in [9.17, 15) is 4.79 Å². The summed E-state index contributed by atoms with van der Waals surface area (Å²) < 4.78 is 0. The van der Waals surface area contributed by atoms with Crippen LogP contribution in [0.3, 0.4) is 0 Å². The number of halogens is 1. The zero-order valence-corrected chi connectivity index (χ0v) is 10.6. The van der Waals surface area contributed by atoms with Crippen LogP contribution in [0.5, 0.6) is 0 Å². The first-order valence-electron chi connectivity index (χ1n) is 5.20. The van der Waals surface area contributed by atoms with Gasteiger partial charge in [-0.25, -0.2) is 4.79 Å². The number of nitrogens with zero attached hydrogens (tertiary/aromatic N) is 1. The number of hydrogen-bond acceptors (Lipinski definition) is 3. The number of benzene rings is 1. The number of amidine groups is 1. The zero-order chi connectivity index (χ0) is 12.1. The lowest BCUT2D eigenvalue weighted by Crippen LogP contribution is -2.37. The van der Waals surface area contributed by atoms with Crippen molar-refractivity contribution in [2.45, 2.75) is 6.54 Å². The third-order valence-electron chi connectivity index (χ3n) is 2.17. The average Bonchev–Trinajstić information content (AvgIpc) is 2.81. The van der Waals surface area contributed by atoms with E-state index in [0.29, 0.717) is 16.7 Å².